The van der Waals surface area contributed by atoms with Crippen molar-refractivity contribution in [1.82, 2.24) is 0 Å². The molecule has 162 valence electrons. The number of carbonyl (C=O) groups is 2. The first-order valence-electron chi connectivity index (χ1n) is 10.8. The highest BCUT2D eigenvalue weighted by Crippen LogP contribution is 2.48. The maximum absolute atomic E-state index is 13.7. The second kappa shape index (κ2) is 7.73. The van der Waals surface area contributed by atoms with Crippen LogP contribution in [0.3, 0.4) is 0 Å². The summed E-state index contributed by atoms with van der Waals surface area (Å²) in [5.41, 5.74) is 2.24. The molecule has 0 bridgehead atoms. The van der Waals surface area contributed by atoms with E-state index >= 15 is 0 Å². The topological polar surface area (TPSA) is 49.9 Å². The van der Waals surface area contributed by atoms with Gasteiger partial charge in [0, 0.05) is 5.02 Å². The summed E-state index contributed by atoms with van der Waals surface area (Å²) < 4.78 is 0. The molecule has 2 aliphatic heterocycles. The average Bonchev–Trinajstić information content (AvgIpc) is 3.36. The van der Waals surface area contributed by atoms with Gasteiger partial charge in [0.1, 0.15) is 5.92 Å². The molecule has 6 heteroatoms. The van der Waals surface area contributed by atoms with Crippen molar-refractivity contribution in [2.45, 2.75) is 12.1 Å². The van der Waals surface area contributed by atoms with E-state index in [0.717, 1.165) is 22.0 Å². The Labute approximate surface area is 195 Å². The number of benzene rings is 4. The largest absolute Gasteiger partial charge is 0.273 e. The van der Waals surface area contributed by atoms with Crippen molar-refractivity contribution >= 4 is 45.6 Å². The molecule has 0 N–H and O–H groups in total. The lowest BCUT2D eigenvalue weighted by molar-refractivity contribution is -0.126. The molecule has 0 aliphatic carbocycles. The third kappa shape index (κ3) is 3.12. The molecule has 3 unspecified atom stereocenters. The Morgan fingerprint density at radius 3 is 2.18 bits per heavy atom. The van der Waals surface area contributed by atoms with Gasteiger partial charge < -0.3 is 0 Å². The predicted molar refractivity (Wildman–Crippen MR) is 128 cm³/mol. The number of carbonyl (C=O) groups excluding carboxylic acids is 2. The van der Waals surface area contributed by atoms with Crippen LogP contribution >= 0.6 is 11.6 Å². The average molecular weight is 455 g/mol. The highest BCUT2D eigenvalue weighted by atomic mass is 35.5. The van der Waals surface area contributed by atoms with E-state index in [4.69, 9.17) is 16.4 Å². The summed E-state index contributed by atoms with van der Waals surface area (Å²) >= 11 is 6.01. The summed E-state index contributed by atoms with van der Waals surface area (Å²) in [5.74, 6) is -1.32. The molecule has 3 atom stereocenters. The van der Waals surface area contributed by atoms with Crippen molar-refractivity contribution in [3.63, 3.8) is 0 Å². The molecule has 0 aromatic heterocycles. The van der Waals surface area contributed by atoms with Gasteiger partial charge in [-0.1, -0.05) is 72.3 Å². The molecule has 2 fully saturated rings. The monoisotopic (exact) mass is 454 g/mol. The van der Waals surface area contributed by atoms with Gasteiger partial charge in [-0.05, 0) is 52.7 Å². The van der Waals surface area contributed by atoms with E-state index in [2.05, 4.69) is 0 Å². The third-order valence-electron chi connectivity index (χ3n) is 6.35. The SMILES string of the molecule is O=C1C2ON(c3ccccc3)C(c3cccc4ccccc34)C2C(=O)N1c1ccc(Cl)cc1. The van der Waals surface area contributed by atoms with Crippen molar-refractivity contribution in [2.24, 2.45) is 5.92 Å². The lowest BCUT2D eigenvalue weighted by atomic mass is 9.87. The molecule has 2 aliphatic rings. The molecule has 6 rings (SSSR count). The Bertz CT molecular complexity index is 1370. The number of halogens is 1. The second-order valence-corrected chi connectivity index (χ2v) is 8.65. The summed E-state index contributed by atoms with van der Waals surface area (Å²) in [5, 5.41) is 4.36. The quantitative estimate of drug-likeness (QED) is 0.381. The zero-order chi connectivity index (χ0) is 22.5. The Kier molecular flexibility index (Phi) is 4.68. The van der Waals surface area contributed by atoms with E-state index in [1.54, 1.807) is 29.3 Å². The highest BCUT2D eigenvalue weighted by molar-refractivity contribution is 6.31. The summed E-state index contributed by atoms with van der Waals surface area (Å²) in [4.78, 5) is 34.6. The molecular weight excluding hydrogens is 436 g/mol. The fourth-order valence-electron chi connectivity index (χ4n) is 4.88. The van der Waals surface area contributed by atoms with Crippen LogP contribution < -0.4 is 9.96 Å². The van der Waals surface area contributed by atoms with Gasteiger partial charge in [0.25, 0.3) is 5.91 Å². The number of nitrogens with zero attached hydrogens (tertiary/aromatic N) is 2. The zero-order valence-corrected chi connectivity index (χ0v) is 18.2. The van der Waals surface area contributed by atoms with E-state index in [1.807, 2.05) is 72.8 Å². The Balaban J connectivity index is 1.50. The van der Waals surface area contributed by atoms with Crippen LogP contribution in [-0.4, -0.2) is 17.9 Å². The minimum Gasteiger partial charge on any atom is -0.273 e. The number of para-hydroxylation sites is 1. The van der Waals surface area contributed by atoms with Crippen molar-refractivity contribution in [2.75, 3.05) is 9.96 Å². The predicted octanol–water partition coefficient (Wildman–Crippen LogP) is 5.54. The van der Waals surface area contributed by atoms with Crippen LogP contribution in [0.25, 0.3) is 10.8 Å². The van der Waals surface area contributed by atoms with E-state index in [9.17, 15) is 9.59 Å². The number of hydrogen-bond acceptors (Lipinski definition) is 4. The lowest BCUT2D eigenvalue weighted by Crippen LogP contribution is -2.37. The van der Waals surface area contributed by atoms with Gasteiger partial charge in [-0.2, -0.15) is 0 Å². The van der Waals surface area contributed by atoms with Gasteiger partial charge in [0.05, 0.1) is 17.4 Å². The third-order valence-corrected chi connectivity index (χ3v) is 6.60. The summed E-state index contributed by atoms with van der Waals surface area (Å²) in [6.07, 6.45) is -0.905. The number of imide groups is 1. The van der Waals surface area contributed by atoms with Gasteiger partial charge in [0.15, 0.2) is 6.10 Å². The Morgan fingerprint density at radius 1 is 0.697 bits per heavy atom. The van der Waals surface area contributed by atoms with Gasteiger partial charge in [0.2, 0.25) is 5.91 Å². The maximum Gasteiger partial charge on any atom is 0.266 e. The standard InChI is InChI=1S/C27H19ClN2O3/c28-18-13-15-19(16-14-18)29-26(31)23-24(22-12-6-8-17-7-4-5-11-21(17)22)30(33-25(23)27(29)32)20-9-2-1-3-10-20/h1-16,23-25H. The molecule has 33 heavy (non-hydrogen) atoms. The normalized spacial score (nSPS) is 22.3. The van der Waals surface area contributed by atoms with Crippen LogP contribution in [0.15, 0.2) is 97.1 Å². The first-order chi connectivity index (χ1) is 16.1. The van der Waals surface area contributed by atoms with Crippen molar-refractivity contribution in [3.8, 4) is 0 Å². The molecule has 0 saturated carbocycles. The van der Waals surface area contributed by atoms with Crippen molar-refractivity contribution in [3.05, 3.63) is 108 Å². The Morgan fingerprint density at radius 2 is 1.39 bits per heavy atom. The summed E-state index contributed by atoms with van der Waals surface area (Å²) in [7, 11) is 0. The highest BCUT2D eigenvalue weighted by Gasteiger charge is 2.60. The van der Waals surface area contributed by atoms with E-state index in [-0.39, 0.29) is 11.8 Å². The number of fused-ring (bicyclic) bond motifs is 2. The number of amides is 2. The number of hydroxylamine groups is 1. The van der Waals surface area contributed by atoms with E-state index in [1.165, 1.54) is 4.90 Å². The van der Waals surface area contributed by atoms with Crippen LogP contribution in [0.4, 0.5) is 11.4 Å². The number of rotatable bonds is 3. The maximum atomic E-state index is 13.7. The molecule has 4 aromatic rings. The molecule has 2 heterocycles. The molecule has 5 nitrogen and oxygen atoms in total. The smallest absolute Gasteiger partial charge is 0.266 e. The number of hydrogen-bond donors (Lipinski definition) is 0. The number of anilines is 2. The van der Waals surface area contributed by atoms with Gasteiger partial charge >= 0.3 is 0 Å². The fourth-order valence-corrected chi connectivity index (χ4v) is 5.01. The summed E-state index contributed by atoms with van der Waals surface area (Å²) in [6.45, 7) is 0. The fraction of sp³-hybridized carbons (Fsp3) is 0.111. The molecular formula is C27H19ClN2O3. The van der Waals surface area contributed by atoms with E-state index in [0.29, 0.717) is 10.7 Å². The minimum atomic E-state index is -0.905. The molecule has 0 spiro atoms. The molecule has 2 amide bonds. The summed E-state index contributed by atoms with van der Waals surface area (Å²) in [6, 6.07) is 29.9. The van der Waals surface area contributed by atoms with Gasteiger partial charge in [-0.25, -0.2) is 9.96 Å². The van der Waals surface area contributed by atoms with Crippen LogP contribution in [0.2, 0.25) is 5.02 Å². The molecule has 2 saturated heterocycles. The van der Waals surface area contributed by atoms with Crippen LogP contribution in [0.5, 0.6) is 0 Å². The second-order valence-electron chi connectivity index (χ2n) is 8.21. The first-order valence-corrected chi connectivity index (χ1v) is 11.1. The van der Waals surface area contributed by atoms with Crippen molar-refractivity contribution in [1.29, 1.82) is 0 Å². The van der Waals surface area contributed by atoms with Gasteiger partial charge in [-0.3, -0.25) is 14.4 Å². The molecule has 4 aromatic carbocycles. The lowest BCUT2D eigenvalue weighted by Gasteiger charge is -2.29. The van der Waals surface area contributed by atoms with Crippen LogP contribution in [-0.2, 0) is 14.4 Å². The zero-order valence-electron chi connectivity index (χ0n) is 17.5. The first kappa shape index (κ1) is 20.0. The van der Waals surface area contributed by atoms with Gasteiger partial charge in [-0.15, -0.1) is 0 Å². The molecule has 0 radical (unpaired) electrons. The van der Waals surface area contributed by atoms with Crippen molar-refractivity contribution < 1.29 is 14.4 Å². The minimum absolute atomic E-state index is 0.274. The Hall–Kier alpha value is -3.67. The van der Waals surface area contributed by atoms with Crippen LogP contribution in [0, 0.1) is 5.92 Å². The van der Waals surface area contributed by atoms with Crippen LogP contribution in [0.1, 0.15) is 11.6 Å². The van der Waals surface area contributed by atoms with E-state index < -0.39 is 18.1 Å².